The Labute approximate surface area is 150 Å². The van der Waals surface area contributed by atoms with E-state index in [4.69, 9.17) is 0 Å². The maximum Gasteiger partial charge on any atom is 0.149 e. The van der Waals surface area contributed by atoms with Crippen molar-refractivity contribution in [2.75, 3.05) is 0 Å². The Morgan fingerprint density at radius 3 is 2.85 bits per heavy atom. The van der Waals surface area contributed by atoms with Gasteiger partial charge in [-0.15, -0.1) is 0 Å². The van der Waals surface area contributed by atoms with E-state index in [1.807, 2.05) is 24.3 Å². The molecule has 0 radical (unpaired) electrons. The van der Waals surface area contributed by atoms with Gasteiger partial charge in [-0.2, -0.15) is 5.26 Å². The third kappa shape index (κ3) is 2.66. The second-order valence-corrected chi connectivity index (χ2v) is 6.52. The van der Waals surface area contributed by atoms with Gasteiger partial charge in [-0.05, 0) is 44.2 Å². The summed E-state index contributed by atoms with van der Waals surface area (Å²) in [5.74, 6) is 0.102. The highest BCUT2D eigenvalue weighted by Gasteiger charge is 2.12. The van der Waals surface area contributed by atoms with Crippen LogP contribution >= 0.6 is 0 Å². The molecule has 0 atom stereocenters. The van der Waals surface area contributed by atoms with Crippen molar-refractivity contribution in [1.29, 1.82) is 5.26 Å². The van der Waals surface area contributed by atoms with Crippen molar-refractivity contribution in [3.05, 3.63) is 65.9 Å². The highest BCUT2D eigenvalue weighted by molar-refractivity contribution is 5.98. The summed E-state index contributed by atoms with van der Waals surface area (Å²) in [5, 5.41) is 10.7. The van der Waals surface area contributed by atoms with Gasteiger partial charge in [0.05, 0.1) is 16.6 Å². The van der Waals surface area contributed by atoms with Crippen molar-refractivity contribution < 1.29 is 4.39 Å². The Kier molecular flexibility index (Phi) is 3.81. The SMILES string of the molecule is CC(C)n1cc(/C=C(/C#N)c2nc3ccc(F)cc3[nH]2)c2ccccc21. The molecule has 26 heavy (non-hydrogen) atoms. The summed E-state index contributed by atoms with van der Waals surface area (Å²) in [7, 11) is 0. The van der Waals surface area contributed by atoms with Crippen LogP contribution < -0.4 is 0 Å². The highest BCUT2D eigenvalue weighted by atomic mass is 19.1. The van der Waals surface area contributed by atoms with Gasteiger partial charge in [-0.25, -0.2) is 9.37 Å². The first-order chi connectivity index (χ1) is 12.6. The maximum atomic E-state index is 13.4. The molecule has 4 aromatic rings. The first-order valence-corrected chi connectivity index (χ1v) is 8.44. The van der Waals surface area contributed by atoms with Crippen LogP contribution in [0.25, 0.3) is 33.6 Å². The number of rotatable bonds is 3. The average Bonchev–Trinajstić information content (AvgIpc) is 3.20. The fourth-order valence-electron chi connectivity index (χ4n) is 3.19. The van der Waals surface area contributed by atoms with Crippen molar-refractivity contribution in [3.8, 4) is 6.07 Å². The summed E-state index contributed by atoms with van der Waals surface area (Å²) in [4.78, 5) is 7.46. The molecule has 0 bridgehead atoms. The highest BCUT2D eigenvalue weighted by Crippen LogP contribution is 2.28. The average molecular weight is 344 g/mol. The Hall–Kier alpha value is -3.39. The molecule has 0 unspecified atom stereocenters. The molecule has 2 aromatic carbocycles. The number of fused-ring (bicyclic) bond motifs is 2. The van der Waals surface area contributed by atoms with Gasteiger partial charge in [-0.1, -0.05) is 18.2 Å². The van der Waals surface area contributed by atoms with E-state index >= 15 is 0 Å². The van der Waals surface area contributed by atoms with E-state index < -0.39 is 0 Å². The lowest BCUT2D eigenvalue weighted by atomic mass is 10.1. The van der Waals surface area contributed by atoms with Crippen molar-refractivity contribution in [3.63, 3.8) is 0 Å². The molecule has 0 aliphatic carbocycles. The van der Waals surface area contributed by atoms with E-state index in [9.17, 15) is 9.65 Å². The van der Waals surface area contributed by atoms with E-state index in [0.29, 0.717) is 28.5 Å². The van der Waals surface area contributed by atoms with Crippen molar-refractivity contribution >= 4 is 33.6 Å². The van der Waals surface area contributed by atoms with Crippen LogP contribution in [0.5, 0.6) is 0 Å². The van der Waals surface area contributed by atoms with Crippen LogP contribution in [0.4, 0.5) is 4.39 Å². The predicted octanol–water partition coefficient (Wildman–Crippen LogP) is 5.30. The van der Waals surface area contributed by atoms with E-state index in [1.165, 1.54) is 12.1 Å². The van der Waals surface area contributed by atoms with Crippen LogP contribution in [0.1, 0.15) is 31.3 Å². The van der Waals surface area contributed by atoms with Gasteiger partial charge in [-0.3, -0.25) is 0 Å². The lowest BCUT2D eigenvalue weighted by molar-refractivity contribution is 0.622. The number of hydrogen-bond acceptors (Lipinski definition) is 2. The summed E-state index contributed by atoms with van der Waals surface area (Å²) in [5.41, 5.74) is 3.70. The minimum Gasteiger partial charge on any atom is -0.344 e. The number of H-pyrrole nitrogens is 1. The minimum atomic E-state index is -0.338. The van der Waals surface area contributed by atoms with Gasteiger partial charge in [0, 0.05) is 28.7 Å². The normalized spacial score (nSPS) is 12.2. The van der Waals surface area contributed by atoms with Crippen LogP contribution in [0.15, 0.2) is 48.7 Å². The van der Waals surface area contributed by atoms with Gasteiger partial charge in [0.1, 0.15) is 17.7 Å². The molecular formula is C21H17FN4. The van der Waals surface area contributed by atoms with Gasteiger partial charge in [0.25, 0.3) is 0 Å². The molecule has 0 saturated heterocycles. The Morgan fingerprint density at radius 1 is 1.27 bits per heavy atom. The number of hydrogen-bond donors (Lipinski definition) is 1. The molecule has 1 N–H and O–H groups in total. The van der Waals surface area contributed by atoms with Crippen molar-refractivity contribution in [2.24, 2.45) is 0 Å². The third-order valence-electron chi connectivity index (χ3n) is 4.45. The summed E-state index contributed by atoms with van der Waals surface area (Å²) < 4.78 is 15.6. The first-order valence-electron chi connectivity index (χ1n) is 8.44. The van der Waals surface area contributed by atoms with Crippen molar-refractivity contribution in [2.45, 2.75) is 19.9 Å². The quantitative estimate of drug-likeness (QED) is 0.513. The number of nitrogens with zero attached hydrogens (tertiary/aromatic N) is 3. The number of nitriles is 1. The number of halogens is 1. The van der Waals surface area contributed by atoms with E-state index in [1.54, 1.807) is 6.07 Å². The van der Waals surface area contributed by atoms with E-state index in [-0.39, 0.29) is 5.82 Å². The summed E-state index contributed by atoms with van der Waals surface area (Å²) in [6.07, 6.45) is 3.88. The van der Waals surface area contributed by atoms with Crippen LogP contribution in [-0.4, -0.2) is 14.5 Å². The predicted molar refractivity (Wildman–Crippen MR) is 102 cm³/mol. The van der Waals surface area contributed by atoms with Crippen LogP contribution in [0.2, 0.25) is 0 Å². The second kappa shape index (κ2) is 6.16. The smallest absolute Gasteiger partial charge is 0.149 e. The van der Waals surface area contributed by atoms with Gasteiger partial charge < -0.3 is 9.55 Å². The van der Waals surface area contributed by atoms with E-state index in [2.05, 4.69) is 46.7 Å². The minimum absolute atomic E-state index is 0.307. The molecule has 0 fully saturated rings. The topological polar surface area (TPSA) is 57.4 Å². The Morgan fingerprint density at radius 2 is 2.08 bits per heavy atom. The molecule has 0 amide bonds. The fourth-order valence-corrected chi connectivity index (χ4v) is 3.19. The number of allylic oxidation sites excluding steroid dienone is 1. The number of para-hydroxylation sites is 1. The largest absolute Gasteiger partial charge is 0.344 e. The fraction of sp³-hybridized carbons (Fsp3) is 0.143. The Balaban J connectivity index is 1.88. The summed E-state index contributed by atoms with van der Waals surface area (Å²) in [6.45, 7) is 4.25. The number of benzene rings is 2. The molecule has 128 valence electrons. The molecule has 0 saturated carbocycles. The molecule has 0 aliphatic rings. The zero-order valence-electron chi connectivity index (χ0n) is 14.5. The maximum absolute atomic E-state index is 13.4. The van der Waals surface area contributed by atoms with Gasteiger partial charge >= 0.3 is 0 Å². The zero-order valence-corrected chi connectivity index (χ0v) is 14.5. The zero-order chi connectivity index (χ0) is 18.3. The molecule has 4 rings (SSSR count). The van der Waals surface area contributed by atoms with Crippen LogP contribution in [-0.2, 0) is 0 Å². The van der Waals surface area contributed by atoms with Gasteiger partial charge in [0.15, 0.2) is 0 Å². The molecule has 0 spiro atoms. The molecule has 2 aromatic heterocycles. The lowest BCUT2D eigenvalue weighted by Crippen LogP contribution is -1.97. The summed E-state index contributed by atoms with van der Waals surface area (Å²) in [6, 6.07) is 15.0. The number of nitrogens with one attached hydrogen (secondary N) is 1. The summed E-state index contributed by atoms with van der Waals surface area (Å²) >= 11 is 0. The second-order valence-electron chi connectivity index (χ2n) is 6.52. The molecule has 5 heteroatoms. The van der Waals surface area contributed by atoms with Gasteiger partial charge in [0.2, 0.25) is 0 Å². The van der Waals surface area contributed by atoms with Crippen LogP contribution in [0.3, 0.4) is 0 Å². The monoisotopic (exact) mass is 344 g/mol. The molecule has 0 aliphatic heterocycles. The first kappa shape index (κ1) is 16.1. The number of imidazole rings is 1. The number of aromatic nitrogens is 3. The Bertz CT molecular complexity index is 1190. The lowest BCUT2D eigenvalue weighted by Gasteiger charge is -2.08. The third-order valence-corrected chi connectivity index (χ3v) is 4.45. The van der Waals surface area contributed by atoms with E-state index in [0.717, 1.165) is 16.5 Å². The van der Waals surface area contributed by atoms with Crippen LogP contribution in [0, 0.1) is 17.1 Å². The molecular weight excluding hydrogens is 327 g/mol. The number of aromatic amines is 1. The standard InChI is InChI=1S/C21H17FN4/c1-13(2)26-12-15(17-5-3-4-6-20(17)26)9-14(11-23)21-24-18-8-7-16(22)10-19(18)25-21/h3-10,12-13H,1-2H3,(H,24,25)/b14-9-. The molecule has 2 heterocycles. The van der Waals surface area contributed by atoms with Crippen molar-refractivity contribution in [1.82, 2.24) is 14.5 Å². The molecule has 4 nitrogen and oxygen atoms in total.